The van der Waals surface area contributed by atoms with Crippen molar-refractivity contribution in [3.63, 3.8) is 0 Å². The van der Waals surface area contributed by atoms with Gasteiger partial charge in [0.2, 0.25) is 5.91 Å². The topological polar surface area (TPSA) is 75.4 Å². The zero-order valence-electron chi connectivity index (χ0n) is 11.3. The van der Waals surface area contributed by atoms with Crippen LogP contribution in [0.5, 0.6) is 0 Å². The van der Waals surface area contributed by atoms with Gasteiger partial charge in [-0.25, -0.2) is 0 Å². The van der Waals surface area contributed by atoms with E-state index in [0.717, 1.165) is 0 Å². The number of likely N-dealkylation sites (N-methyl/N-ethyl adjacent to an activating group) is 1. The molecule has 1 fully saturated rings. The van der Waals surface area contributed by atoms with Crippen LogP contribution in [-0.4, -0.2) is 41.3 Å². The summed E-state index contributed by atoms with van der Waals surface area (Å²) in [4.78, 5) is 25.5. The molecular formula is C14H17N3O2S. The van der Waals surface area contributed by atoms with Crippen LogP contribution in [0.15, 0.2) is 24.3 Å². The van der Waals surface area contributed by atoms with Crippen molar-refractivity contribution >= 4 is 29.0 Å². The van der Waals surface area contributed by atoms with E-state index in [1.54, 1.807) is 36.2 Å². The lowest BCUT2D eigenvalue weighted by Crippen LogP contribution is -2.48. The van der Waals surface area contributed by atoms with E-state index in [4.69, 9.17) is 18.0 Å². The third kappa shape index (κ3) is 3.33. The summed E-state index contributed by atoms with van der Waals surface area (Å²) < 4.78 is 0. The van der Waals surface area contributed by atoms with Crippen molar-refractivity contribution in [2.45, 2.75) is 18.9 Å². The zero-order valence-corrected chi connectivity index (χ0v) is 12.1. The second kappa shape index (κ2) is 6.00. The van der Waals surface area contributed by atoms with Gasteiger partial charge in [0.05, 0.1) is 0 Å². The number of likely N-dealkylation sites (tertiary alicyclic amines) is 1. The smallest absolute Gasteiger partial charge is 0.251 e. The van der Waals surface area contributed by atoms with Gasteiger partial charge in [-0.1, -0.05) is 24.4 Å². The molecule has 3 N–H and O–H groups in total. The van der Waals surface area contributed by atoms with Crippen molar-refractivity contribution in [3.05, 3.63) is 35.4 Å². The van der Waals surface area contributed by atoms with Crippen molar-refractivity contribution in [1.82, 2.24) is 10.2 Å². The number of carbonyl (C=O) groups is 2. The number of carbonyl (C=O) groups excluding carboxylic acids is 2. The molecule has 1 aliphatic heterocycles. The fraction of sp³-hybridized carbons (Fsp3) is 0.357. The van der Waals surface area contributed by atoms with Crippen molar-refractivity contribution < 1.29 is 9.59 Å². The van der Waals surface area contributed by atoms with Gasteiger partial charge in [-0.2, -0.15) is 0 Å². The van der Waals surface area contributed by atoms with Crippen LogP contribution in [0, 0.1) is 0 Å². The van der Waals surface area contributed by atoms with Gasteiger partial charge in [0, 0.05) is 37.2 Å². The highest BCUT2D eigenvalue weighted by molar-refractivity contribution is 7.80. The highest BCUT2D eigenvalue weighted by atomic mass is 32.1. The Bertz CT molecular complexity index is 559. The predicted molar refractivity (Wildman–Crippen MR) is 80.5 cm³/mol. The van der Waals surface area contributed by atoms with Crippen molar-refractivity contribution in [3.8, 4) is 0 Å². The summed E-state index contributed by atoms with van der Waals surface area (Å²) in [5.41, 5.74) is 6.75. The summed E-state index contributed by atoms with van der Waals surface area (Å²) >= 11 is 4.90. The molecule has 2 amide bonds. The molecule has 1 atom stereocenters. The van der Waals surface area contributed by atoms with Crippen LogP contribution < -0.4 is 11.1 Å². The Morgan fingerprint density at radius 1 is 1.45 bits per heavy atom. The molecule has 1 heterocycles. The Morgan fingerprint density at radius 3 is 2.80 bits per heavy atom. The zero-order chi connectivity index (χ0) is 14.7. The van der Waals surface area contributed by atoms with Crippen molar-refractivity contribution in [2.75, 3.05) is 13.6 Å². The van der Waals surface area contributed by atoms with Gasteiger partial charge in [0.1, 0.15) is 4.99 Å². The molecule has 1 saturated heterocycles. The summed E-state index contributed by atoms with van der Waals surface area (Å²) in [5.74, 6) is -0.0539. The average Bonchev–Trinajstić information content (AvgIpc) is 2.43. The largest absolute Gasteiger partial charge is 0.389 e. The quantitative estimate of drug-likeness (QED) is 0.803. The molecule has 1 aromatic rings. The second-order valence-corrected chi connectivity index (χ2v) is 5.37. The molecule has 6 heteroatoms. The molecule has 0 radical (unpaired) electrons. The highest BCUT2D eigenvalue weighted by Gasteiger charge is 2.24. The first kappa shape index (κ1) is 14.5. The van der Waals surface area contributed by atoms with E-state index >= 15 is 0 Å². The maximum Gasteiger partial charge on any atom is 0.251 e. The lowest BCUT2D eigenvalue weighted by atomic mass is 10.0. The molecular weight excluding hydrogens is 274 g/mol. The molecule has 1 aromatic carbocycles. The number of hydrogen-bond acceptors (Lipinski definition) is 3. The molecule has 0 bridgehead atoms. The molecule has 1 aliphatic rings. The minimum atomic E-state index is -0.171. The SMILES string of the molecule is CN1CC(NC(=O)c2cccc(C(N)=S)c2)CCC1=O. The van der Waals surface area contributed by atoms with E-state index in [0.29, 0.717) is 30.5 Å². The van der Waals surface area contributed by atoms with Crippen LogP contribution in [0.2, 0.25) is 0 Å². The molecule has 0 spiro atoms. The number of hydrogen-bond donors (Lipinski definition) is 2. The maximum absolute atomic E-state index is 12.2. The van der Waals surface area contributed by atoms with E-state index in [9.17, 15) is 9.59 Å². The molecule has 2 rings (SSSR count). The van der Waals surface area contributed by atoms with Crippen molar-refractivity contribution in [2.24, 2.45) is 5.73 Å². The lowest BCUT2D eigenvalue weighted by Gasteiger charge is -2.30. The number of rotatable bonds is 3. The van der Waals surface area contributed by atoms with E-state index in [2.05, 4.69) is 5.32 Å². The normalized spacial score (nSPS) is 18.8. The predicted octanol–water partition coefficient (Wildman–Crippen LogP) is 0.671. The first-order valence-corrected chi connectivity index (χ1v) is 6.83. The van der Waals surface area contributed by atoms with Crippen molar-refractivity contribution in [1.29, 1.82) is 0 Å². The minimum Gasteiger partial charge on any atom is -0.389 e. The minimum absolute atomic E-state index is 0.0151. The van der Waals surface area contributed by atoms with Gasteiger partial charge < -0.3 is 16.0 Å². The lowest BCUT2D eigenvalue weighted by molar-refractivity contribution is -0.132. The highest BCUT2D eigenvalue weighted by Crippen LogP contribution is 2.11. The fourth-order valence-electron chi connectivity index (χ4n) is 2.21. The van der Waals surface area contributed by atoms with Crippen LogP contribution in [0.25, 0.3) is 0 Å². The maximum atomic E-state index is 12.2. The van der Waals surface area contributed by atoms with E-state index in [1.807, 2.05) is 0 Å². The van der Waals surface area contributed by atoms with Gasteiger partial charge in [-0.05, 0) is 18.6 Å². The average molecular weight is 291 g/mol. The van der Waals surface area contributed by atoms with Gasteiger partial charge in [-0.3, -0.25) is 9.59 Å². The van der Waals surface area contributed by atoms with E-state index < -0.39 is 0 Å². The summed E-state index contributed by atoms with van der Waals surface area (Å²) in [7, 11) is 1.74. The Hall–Kier alpha value is -1.95. The second-order valence-electron chi connectivity index (χ2n) is 4.93. The molecule has 0 aliphatic carbocycles. The van der Waals surface area contributed by atoms with E-state index in [1.165, 1.54) is 0 Å². The standard InChI is InChI=1S/C14H17N3O2S/c1-17-8-11(5-6-12(17)18)16-14(19)10-4-2-3-9(7-10)13(15)20/h2-4,7,11H,5-6,8H2,1H3,(H2,15,20)(H,16,19). The number of piperidine rings is 1. The van der Waals surface area contributed by atoms with E-state index in [-0.39, 0.29) is 22.8 Å². The van der Waals surface area contributed by atoms with Crippen LogP contribution >= 0.6 is 12.2 Å². The summed E-state index contributed by atoms with van der Waals surface area (Å²) in [6.07, 6.45) is 1.14. The Morgan fingerprint density at radius 2 is 2.15 bits per heavy atom. The number of nitrogens with one attached hydrogen (secondary N) is 1. The summed E-state index contributed by atoms with van der Waals surface area (Å²) in [5, 5.41) is 2.94. The number of thiocarbonyl (C=S) groups is 1. The van der Waals surface area contributed by atoms with Gasteiger partial charge in [0.25, 0.3) is 5.91 Å². The van der Waals surface area contributed by atoms with Gasteiger partial charge in [0.15, 0.2) is 0 Å². The van der Waals surface area contributed by atoms with Crippen LogP contribution in [0.3, 0.4) is 0 Å². The van der Waals surface area contributed by atoms with Gasteiger partial charge >= 0.3 is 0 Å². The monoisotopic (exact) mass is 291 g/mol. The molecule has 20 heavy (non-hydrogen) atoms. The molecule has 0 aromatic heterocycles. The molecule has 0 saturated carbocycles. The van der Waals surface area contributed by atoms with Crippen LogP contribution in [0.4, 0.5) is 0 Å². The van der Waals surface area contributed by atoms with Crippen LogP contribution in [0.1, 0.15) is 28.8 Å². The summed E-state index contributed by atoms with van der Waals surface area (Å²) in [6, 6.07) is 6.90. The molecule has 1 unspecified atom stereocenters. The first-order valence-electron chi connectivity index (χ1n) is 6.42. The molecule has 5 nitrogen and oxygen atoms in total. The number of amides is 2. The fourth-order valence-corrected chi connectivity index (χ4v) is 2.34. The number of nitrogens with zero attached hydrogens (tertiary/aromatic N) is 1. The third-order valence-electron chi connectivity index (χ3n) is 3.37. The van der Waals surface area contributed by atoms with Crippen LogP contribution in [-0.2, 0) is 4.79 Å². The van der Waals surface area contributed by atoms with Gasteiger partial charge in [-0.15, -0.1) is 0 Å². The first-order chi connectivity index (χ1) is 9.47. The Balaban J connectivity index is 2.03. The Kier molecular flexibility index (Phi) is 4.34. The third-order valence-corrected chi connectivity index (χ3v) is 3.61. The number of nitrogens with two attached hydrogens (primary N) is 1. The summed E-state index contributed by atoms with van der Waals surface area (Å²) in [6.45, 7) is 0.541. The number of benzene rings is 1. The Labute approximate surface area is 123 Å². The molecule has 106 valence electrons.